The predicted octanol–water partition coefficient (Wildman–Crippen LogP) is 4.37. The van der Waals surface area contributed by atoms with E-state index >= 15 is 0 Å². The van der Waals surface area contributed by atoms with E-state index in [1.54, 1.807) is 25.3 Å². The number of urea groups is 1. The lowest BCUT2D eigenvalue weighted by atomic mass is 10.1. The van der Waals surface area contributed by atoms with Crippen molar-refractivity contribution in [1.82, 2.24) is 5.32 Å². The van der Waals surface area contributed by atoms with Crippen molar-refractivity contribution < 1.29 is 9.53 Å². The Morgan fingerprint density at radius 1 is 1.18 bits per heavy atom. The largest absolute Gasteiger partial charge is 0.497 e. The molecule has 0 saturated carbocycles. The van der Waals surface area contributed by atoms with Gasteiger partial charge in [-0.1, -0.05) is 41.4 Å². The van der Waals surface area contributed by atoms with E-state index in [4.69, 9.17) is 27.9 Å². The van der Waals surface area contributed by atoms with Crippen molar-refractivity contribution in [3.05, 3.63) is 58.1 Å². The number of amides is 2. The van der Waals surface area contributed by atoms with Gasteiger partial charge >= 0.3 is 6.03 Å². The Kier molecular flexibility index (Phi) is 5.92. The number of carbonyl (C=O) groups excluding carboxylic acids is 1. The molecule has 0 aliphatic rings. The summed E-state index contributed by atoms with van der Waals surface area (Å²) in [7, 11) is 1.62. The van der Waals surface area contributed by atoms with E-state index in [2.05, 4.69) is 10.6 Å². The second kappa shape index (κ2) is 7.92. The molecule has 0 bridgehead atoms. The fraction of sp³-hybridized carbons (Fsp3) is 0.188. The van der Waals surface area contributed by atoms with Crippen LogP contribution in [-0.4, -0.2) is 19.7 Å². The van der Waals surface area contributed by atoms with Gasteiger partial charge in [0.25, 0.3) is 0 Å². The van der Waals surface area contributed by atoms with Crippen molar-refractivity contribution in [2.75, 3.05) is 19.0 Å². The average molecular weight is 339 g/mol. The zero-order valence-corrected chi connectivity index (χ0v) is 13.5. The second-order valence-corrected chi connectivity index (χ2v) is 5.37. The monoisotopic (exact) mass is 338 g/mol. The first-order valence-electron chi connectivity index (χ1n) is 6.72. The van der Waals surface area contributed by atoms with Gasteiger partial charge in [0.05, 0.1) is 22.8 Å². The van der Waals surface area contributed by atoms with E-state index in [9.17, 15) is 4.79 Å². The lowest BCUT2D eigenvalue weighted by Crippen LogP contribution is -2.30. The predicted molar refractivity (Wildman–Crippen MR) is 90.2 cm³/mol. The number of carbonyl (C=O) groups is 1. The maximum absolute atomic E-state index is 11.8. The summed E-state index contributed by atoms with van der Waals surface area (Å²) in [6.07, 6.45) is 0.702. The SMILES string of the molecule is COc1cccc(CCNC(=O)Nc2cccc(Cl)c2Cl)c1. The highest BCUT2D eigenvalue weighted by Crippen LogP contribution is 2.29. The van der Waals surface area contributed by atoms with Gasteiger partial charge in [0.1, 0.15) is 5.75 Å². The Balaban J connectivity index is 1.84. The molecule has 6 heteroatoms. The number of halogens is 2. The second-order valence-electron chi connectivity index (χ2n) is 4.58. The van der Waals surface area contributed by atoms with Crippen LogP contribution in [0.1, 0.15) is 5.56 Å². The van der Waals surface area contributed by atoms with Crippen LogP contribution in [0, 0.1) is 0 Å². The Hall–Kier alpha value is -1.91. The van der Waals surface area contributed by atoms with Gasteiger partial charge in [0.2, 0.25) is 0 Å². The smallest absolute Gasteiger partial charge is 0.319 e. The van der Waals surface area contributed by atoms with Gasteiger partial charge in [0.15, 0.2) is 0 Å². The molecular formula is C16H16Cl2N2O2. The molecule has 0 aromatic heterocycles. The third-order valence-electron chi connectivity index (χ3n) is 3.03. The highest BCUT2D eigenvalue weighted by Gasteiger charge is 2.07. The van der Waals surface area contributed by atoms with E-state index in [0.29, 0.717) is 28.7 Å². The summed E-state index contributed by atoms with van der Waals surface area (Å²) in [5.74, 6) is 0.799. The molecule has 2 N–H and O–H groups in total. The summed E-state index contributed by atoms with van der Waals surface area (Å²) in [5.41, 5.74) is 1.56. The summed E-state index contributed by atoms with van der Waals surface area (Å²) >= 11 is 11.9. The molecule has 0 spiro atoms. The molecule has 0 fully saturated rings. The van der Waals surface area contributed by atoms with Gasteiger partial charge in [-0.2, -0.15) is 0 Å². The number of rotatable bonds is 5. The molecule has 2 aromatic rings. The van der Waals surface area contributed by atoms with E-state index in [1.165, 1.54) is 0 Å². The Morgan fingerprint density at radius 2 is 1.95 bits per heavy atom. The van der Waals surface area contributed by atoms with Crippen molar-refractivity contribution in [3.63, 3.8) is 0 Å². The Bertz CT molecular complexity index is 662. The lowest BCUT2D eigenvalue weighted by molar-refractivity contribution is 0.252. The minimum absolute atomic E-state index is 0.326. The molecule has 4 nitrogen and oxygen atoms in total. The molecule has 0 atom stereocenters. The van der Waals surface area contributed by atoms with Gasteiger partial charge < -0.3 is 15.4 Å². The highest BCUT2D eigenvalue weighted by atomic mass is 35.5. The zero-order chi connectivity index (χ0) is 15.9. The van der Waals surface area contributed by atoms with Crippen molar-refractivity contribution in [2.45, 2.75) is 6.42 Å². The van der Waals surface area contributed by atoms with Crippen LogP contribution in [0.4, 0.5) is 10.5 Å². The first-order valence-corrected chi connectivity index (χ1v) is 7.47. The number of ether oxygens (including phenoxy) is 1. The summed E-state index contributed by atoms with van der Waals surface area (Å²) in [6, 6.07) is 12.5. The topological polar surface area (TPSA) is 50.4 Å². The number of methoxy groups -OCH3 is 1. The number of hydrogen-bond donors (Lipinski definition) is 2. The van der Waals surface area contributed by atoms with Crippen molar-refractivity contribution in [1.29, 1.82) is 0 Å². The van der Waals surface area contributed by atoms with Crippen LogP contribution in [0.2, 0.25) is 10.0 Å². The Morgan fingerprint density at radius 3 is 2.73 bits per heavy atom. The van der Waals surface area contributed by atoms with Crippen molar-refractivity contribution in [2.24, 2.45) is 0 Å². The van der Waals surface area contributed by atoms with Crippen LogP contribution in [0.3, 0.4) is 0 Å². The molecule has 2 aromatic carbocycles. The third kappa shape index (κ3) is 4.55. The van der Waals surface area contributed by atoms with E-state index in [0.717, 1.165) is 11.3 Å². The van der Waals surface area contributed by atoms with Crippen LogP contribution in [-0.2, 0) is 6.42 Å². The molecule has 0 saturated heterocycles. The highest BCUT2D eigenvalue weighted by molar-refractivity contribution is 6.43. The summed E-state index contributed by atoms with van der Waals surface area (Å²) in [5, 5.41) is 6.16. The minimum Gasteiger partial charge on any atom is -0.497 e. The van der Waals surface area contributed by atoms with Crippen LogP contribution in [0.25, 0.3) is 0 Å². The van der Waals surface area contributed by atoms with Crippen LogP contribution < -0.4 is 15.4 Å². The molecule has 116 valence electrons. The van der Waals surface area contributed by atoms with E-state index in [1.807, 2.05) is 24.3 Å². The standard InChI is InChI=1S/C16H16Cl2N2O2/c1-22-12-5-2-4-11(10-12)8-9-19-16(21)20-14-7-3-6-13(17)15(14)18/h2-7,10H,8-9H2,1H3,(H2,19,20,21). The normalized spacial score (nSPS) is 10.1. The van der Waals surface area contributed by atoms with Crippen LogP contribution in [0.15, 0.2) is 42.5 Å². The van der Waals surface area contributed by atoms with Crippen LogP contribution >= 0.6 is 23.2 Å². The summed E-state index contributed by atoms with van der Waals surface area (Å²) < 4.78 is 5.16. The quantitative estimate of drug-likeness (QED) is 0.850. The average Bonchev–Trinajstić information content (AvgIpc) is 2.52. The third-order valence-corrected chi connectivity index (χ3v) is 3.85. The van der Waals surface area contributed by atoms with E-state index < -0.39 is 0 Å². The van der Waals surface area contributed by atoms with Gasteiger partial charge in [-0.3, -0.25) is 0 Å². The minimum atomic E-state index is -0.327. The maximum atomic E-state index is 11.8. The number of nitrogens with one attached hydrogen (secondary N) is 2. The Labute approximate surface area is 139 Å². The number of hydrogen-bond acceptors (Lipinski definition) is 2. The molecule has 2 rings (SSSR count). The summed E-state index contributed by atoms with van der Waals surface area (Å²) in [6.45, 7) is 0.497. The fourth-order valence-corrected chi connectivity index (χ4v) is 2.26. The first-order chi connectivity index (χ1) is 10.6. The van der Waals surface area contributed by atoms with Gasteiger partial charge in [-0.15, -0.1) is 0 Å². The molecule has 0 aliphatic heterocycles. The van der Waals surface area contributed by atoms with E-state index in [-0.39, 0.29) is 6.03 Å². The van der Waals surface area contributed by atoms with Gasteiger partial charge in [0, 0.05) is 6.54 Å². The molecule has 0 radical (unpaired) electrons. The fourth-order valence-electron chi connectivity index (χ4n) is 1.92. The lowest BCUT2D eigenvalue weighted by Gasteiger charge is -2.10. The first kappa shape index (κ1) is 16.5. The van der Waals surface area contributed by atoms with Gasteiger partial charge in [-0.25, -0.2) is 4.79 Å². The number of anilines is 1. The number of benzene rings is 2. The molecule has 2 amide bonds. The van der Waals surface area contributed by atoms with Crippen molar-refractivity contribution in [3.8, 4) is 5.75 Å². The molecule has 0 aliphatic carbocycles. The van der Waals surface area contributed by atoms with Gasteiger partial charge in [-0.05, 0) is 36.2 Å². The molecule has 0 heterocycles. The zero-order valence-electron chi connectivity index (χ0n) is 12.0. The molecule has 22 heavy (non-hydrogen) atoms. The molecular weight excluding hydrogens is 323 g/mol. The van der Waals surface area contributed by atoms with Crippen LogP contribution in [0.5, 0.6) is 5.75 Å². The van der Waals surface area contributed by atoms with Crippen molar-refractivity contribution >= 4 is 34.9 Å². The summed E-state index contributed by atoms with van der Waals surface area (Å²) in [4.78, 5) is 11.8. The maximum Gasteiger partial charge on any atom is 0.319 e. The molecule has 0 unspecified atom stereocenters.